The molecule has 1 unspecified atom stereocenters. The number of ketones is 1. The van der Waals surface area contributed by atoms with Crippen molar-refractivity contribution in [3.63, 3.8) is 0 Å². The Balaban J connectivity index is 1.45. The van der Waals surface area contributed by atoms with Crippen molar-refractivity contribution in [1.82, 2.24) is 19.9 Å². The summed E-state index contributed by atoms with van der Waals surface area (Å²) < 4.78 is 6.71. The number of amides is 1. The van der Waals surface area contributed by atoms with Crippen molar-refractivity contribution >= 4 is 28.5 Å². The summed E-state index contributed by atoms with van der Waals surface area (Å²) in [5.41, 5.74) is 3.95. The van der Waals surface area contributed by atoms with Crippen molar-refractivity contribution < 1.29 is 14.3 Å². The predicted octanol–water partition coefficient (Wildman–Crippen LogP) is 4.86. The van der Waals surface area contributed by atoms with E-state index in [0.29, 0.717) is 35.9 Å². The number of rotatable bonds is 7. The zero-order valence-corrected chi connectivity index (χ0v) is 19.7. The number of carbonyl (C=O) groups is 2. The molecule has 178 valence electrons. The van der Waals surface area contributed by atoms with Gasteiger partial charge in [-0.25, -0.2) is 14.8 Å². The molecule has 0 fully saturated rings. The fourth-order valence-corrected chi connectivity index (χ4v) is 4.47. The second kappa shape index (κ2) is 9.58. The van der Waals surface area contributed by atoms with E-state index in [9.17, 15) is 9.59 Å². The van der Waals surface area contributed by atoms with Crippen LogP contribution in [0.1, 0.15) is 41.6 Å². The molecule has 2 N–H and O–H groups in total. The molecule has 4 heterocycles. The Hall–Kier alpha value is -4.20. The number of nitrogens with one attached hydrogen (secondary N) is 2. The number of ether oxygens (including phenoxy) is 1. The van der Waals surface area contributed by atoms with Crippen LogP contribution in [0.4, 0.5) is 10.6 Å². The van der Waals surface area contributed by atoms with E-state index >= 15 is 0 Å². The van der Waals surface area contributed by atoms with E-state index in [1.165, 1.54) is 0 Å². The van der Waals surface area contributed by atoms with Gasteiger partial charge in [-0.15, -0.1) is 0 Å². The normalized spacial score (nSPS) is 14.4. The fourth-order valence-electron chi connectivity index (χ4n) is 4.47. The molecule has 5 rings (SSSR count). The Morgan fingerprint density at radius 2 is 2.00 bits per heavy atom. The molecule has 8 nitrogen and oxygen atoms in total. The number of benzene rings is 1. The highest BCUT2D eigenvalue weighted by Crippen LogP contribution is 2.36. The van der Waals surface area contributed by atoms with Gasteiger partial charge in [0, 0.05) is 65.4 Å². The van der Waals surface area contributed by atoms with E-state index in [0.717, 1.165) is 34.9 Å². The number of nitrogens with zero attached hydrogens (tertiary/aromatic N) is 3. The number of anilines is 1. The second-order valence-corrected chi connectivity index (χ2v) is 8.56. The van der Waals surface area contributed by atoms with Gasteiger partial charge in [0.15, 0.2) is 5.78 Å². The molecule has 1 aliphatic rings. The van der Waals surface area contributed by atoms with Gasteiger partial charge in [0.05, 0.1) is 18.5 Å². The van der Waals surface area contributed by atoms with Crippen molar-refractivity contribution in [1.29, 1.82) is 0 Å². The quantitative estimate of drug-likeness (QED) is 0.296. The number of carbonyl (C=O) groups excluding carboxylic acids is 2. The van der Waals surface area contributed by atoms with Gasteiger partial charge in [-0.3, -0.25) is 9.36 Å². The molecule has 0 aliphatic carbocycles. The van der Waals surface area contributed by atoms with Crippen LogP contribution in [0.3, 0.4) is 0 Å². The molecule has 1 amide bonds. The third-order valence-corrected chi connectivity index (χ3v) is 6.39. The average Bonchev–Trinajstić information content (AvgIpc) is 3.52. The number of hydrogen-bond acceptors (Lipinski definition) is 6. The lowest BCUT2D eigenvalue weighted by Gasteiger charge is -2.12. The van der Waals surface area contributed by atoms with Gasteiger partial charge in [-0.05, 0) is 30.7 Å². The summed E-state index contributed by atoms with van der Waals surface area (Å²) in [5, 5.41) is 6.96. The number of fused-ring (bicyclic) bond motifs is 2. The molecule has 0 saturated carbocycles. The van der Waals surface area contributed by atoms with Crippen LogP contribution in [0.25, 0.3) is 22.0 Å². The maximum absolute atomic E-state index is 13.7. The van der Waals surface area contributed by atoms with Crippen LogP contribution in [0, 0.1) is 0 Å². The molecule has 8 heteroatoms. The van der Waals surface area contributed by atoms with E-state index in [-0.39, 0.29) is 17.7 Å². The second-order valence-electron chi connectivity index (χ2n) is 8.56. The minimum atomic E-state index is -0.379. The van der Waals surface area contributed by atoms with Crippen LogP contribution < -0.4 is 15.4 Å². The van der Waals surface area contributed by atoms with Gasteiger partial charge >= 0.3 is 6.03 Å². The maximum Gasteiger partial charge on any atom is 0.326 e. The number of hydrogen-bond donors (Lipinski definition) is 2. The number of Topliss-reactive ketones (excluding diaryl/α,β-unsaturated/α-hetero) is 1. The van der Waals surface area contributed by atoms with E-state index in [1.807, 2.05) is 36.4 Å². The number of aromatic nitrogens is 3. The van der Waals surface area contributed by atoms with Crippen LogP contribution in [-0.4, -0.2) is 46.5 Å². The lowest BCUT2D eigenvalue weighted by Crippen LogP contribution is -2.28. The summed E-state index contributed by atoms with van der Waals surface area (Å²) in [6.45, 7) is 3.18. The molecule has 1 aromatic carbocycles. The van der Waals surface area contributed by atoms with Gasteiger partial charge in [0.25, 0.3) is 0 Å². The van der Waals surface area contributed by atoms with E-state index in [2.05, 4.69) is 27.5 Å². The van der Waals surface area contributed by atoms with Crippen molar-refractivity contribution in [2.45, 2.75) is 25.7 Å². The zero-order valence-electron chi connectivity index (χ0n) is 19.7. The molecule has 0 saturated heterocycles. The van der Waals surface area contributed by atoms with Crippen LogP contribution in [0.2, 0.25) is 0 Å². The highest BCUT2D eigenvalue weighted by atomic mass is 16.5. The Labute approximate surface area is 203 Å². The third kappa shape index (κ3) is 4.23. The molecular weight excluding hydrogens is 442 g/mol. The Morgan fingerprint density at radius 3 is 2.77 bits per heavy atom. The minimum absolute atomic E-state index is 0.00204. The largest absolute Gasteiger partial charge is 0.481 e. The number of unbranched alkanes of at least 4 members (excludes halogenated alkanes) is 1. The van der Waals surface area contributed by atoms with Crippen molar-refractivity contribution in [3.05, 3.63) is 72.2 Å². The van der Waals surface area contributed by atoms with E-state index < -0.39 is 0 Å². The Kier molecular flexibility index (Phi) is 6.18. The van der Waals surface area contributed by atoms with Gasteiger partial charge in [-0.1, -0.05) is 25.5 Å². The summed E-state index contributed by atoms with van der Waals surface area (Å²) in [7, 11) is 1.58. The highest BCUT2D eigenvalue weighted by Gasteiger charge is 2.32. The van der Waals surface area contributed by atoms with Crippen LogP contribution in [0.15, 0.2) is 61.1 Å². The van der Waals surface area contributed by atoms with Crippen molar-refractivity contribution in [2.75, 3.05) is 25.5 Å². The first kappa shape index (κ1) is 22.6. The summed E-state index contributed by atoms with van der Waals surface area (Å²) in [6.07, 6.45) is 7.16. The van der Waals surface area contributed by atoms with Crippen molar-refractivity contribution in [2.24, 2.45) is 0 Å². The van der Waals surface area contributed by atoms with Gasteiger partial charge in [0.1, 0.15) is 5.82 Å². The molecule has 3 aromatic heterocycles. The molecule has 1 aliphatic heterocycles. The SMILES string of the molecule is CCCCNC(=O)n1ccc2c(C(=O)C3CNc4ncc(-c5ccc(OC)nc5)cc43)cccc21. The average molecular weight is 470 g/mol. The smallest absolute Gasteiger partial charge is 0.326 e. The van der Waals surface area contributed by atoms with Crippen LogP contribution in [0.5, 0.6) is 5.88 Å². The van der Waals surface area contributed by atoms with Gasteiger partial charge < -0.3 is 15.4 Å². The van der Waals surface area contributed by atoms with E-state index in [1.54, 1.807) is 36.3 Å². The molecule has 1 atom stereocenters. The fraction of sp³-hybridized carbons (Fsp3) is 0.259. The number of methoxy groups -OCH3 is 1. The van der Waals surface area contributed by atoms with E-state index in [4.69, 9.17) is 4.74 Å². The predicted molar refractivity (Wildman–Crippen MR) is 135 cm³/mol. The number of pyridine rings is 2. The first-order valence-electron chi connectivity index (χ1n) is 11.8. The molecule has 0 radical (unpaired) electrons. The first-order chi connectivity index (χ1) is 17.1. The topological polar surface area (TPSA) is 98.1 Å². The summed E-state index contributed by atoms with van der Waals surface area (Å²) in [5.74, 6) is 0.874. The first-order valence-corrected chi connectivity index (χ1v) is 11.8. The van der Waals surface area contributed by atoms with Crippen LogP contribution in [-0.2, 0) is 0 Å². The molecule has 35 heavy (non-hydrogen) atoms. The minimum Gasteiger partial charge on any atom is -0.481 e. The lowest BCUT2D eigenvalue weighted by molar-refractivity contribution is 0.0968. The molecular formula is C27H27N5O3. The molecule has 0 spiro atoms. The standard InChI is InChI=1S/C27H27N5O3/c1-3-4-11-28-27(34)32-12-10-19-20(6-5-7-23(19)32)25(33)22-16-31-26-21(22)13-18(15-30-26)17-8-9-24(35-2)29-14-17/h5-10,12-15,22H,3-4,11,16H2,1-2H3,(H,28,34)(H,30,31). The van der Waals surface area contributed by atoms with Gasteiger partial charge in [0.2, 0.25) is 5.88 Å². The molecule has 4 aromatic rings. The summed E-state index contributed by atoms with van der Waals surface area (Å²) in [6, 6.07) is 12.9. The summed E-state index contributed by atoms with van der Waals surface area (Å²) >= 11 is 0. The van der Waals surface area contributed by atoms with Crippen LogP contribution >= 0.6 is 0 Å². The van der Waals surface area contributed by atoms with Gasteiger partial charge in [-0.2, -0.15) is 0 Å². The zero-order chi connectivity index (χ0) is 24.4. The third-order valence-electron chi connectivity index (χ3n) is 6.39. The lowest BCUT2D eigenvalue weighted by atomic mass is 9.90. The summed E-state index contributed by atoms with van der Waals surface area (Å²) in [4.78, 5) is 35.2. The molecule has 0 bridgehead atoms. The van der Waals surface area contributed by atoms with Crippen molar-refractivity contribution in [3.8, 4) is 17.0 Å². The highest BCUT2D eigenvalue weighted by molar-refractivity contribution is 6.12. The Bertz CT molecular complexity index is 1390. The Morgan fingerprint density at radius 1 is 1.14 bits per heavy atom. The monoisotopic (exact) mass is 469 g/mol. The maximum atomic E-state index is 13.7.